The van der Waals surface area contributed by atoms with Gasteiger partial charge in [-0.25, -0.2) is 8.42 Å². The summed E-state index contributed by atoms with van der Waals surface area (Å²) in [6.45, 7) is 7.82. The van der Waals surface area contributed by atoms with E-state index in [0.29, 0.717) is 18.1 Å². The molecule has 0 aliphatic carbocycles. The minimum atomic E-state index is -3.86. The van der Waals surface area contributed by atoms with Crippen LogP contribution in [0.5, 0.6) is 0 Å². The second-order valence-electron chi connectivity index (χ2n) is 7.53. The first-order valence-corrected chi connectivity index (χ1v) is 11.9. The van der Waals surface area contributed by atoms with Crippen molar-refractivity contribution in [2.24, 2.45) is 0 Å². The zero-order valence-electron chi connectivity index (χ0n) is 17.4. The molecule has 1 aliphatic heterocycles. The molecule has 0 bridgehead atoms. The number of rotatable bonds is 7. The number of nitrogens with zero attached hydrogens (tertiary/aromatic N) is 3. The summed E-state index contributed by atoms with van der Waals surface area (Å²) < 4.78 is 27.9. The fourth-order valence-corrected chi connectivity index (χ4v) is 4.95. The molecule has 1 saturated heterocycles. The summed E-state index contributed by atoms with van der Waals surface area (Å²) in [5.74, 6) is -0.171. The molecule has 1 fully saturated rings. The van der Waals surface area contributed by atoms with E-state index in [-0.39, 0.29) is 23.9 Å². The Morgan fingerprint density at radius 2 is 1.60 bits per heavy atom. The van der Waals surface area contributed by atoms with Crippen molar-refractivity contribution in [3.05, 3.63) is 64.7 Å². The van der Waals surface area contributed by atoms with E-state index in [9.17, 15) is 13.2 Å². The Bertz CT molecular complexity index is 954. The van der Waals surface area contributed by atoms with Gasteiger partial charge in [-0.05, 0) is 43.3 Å². The molecule has 1 aliphatic rings. The minimum Gasteiger partial charge on any atom is -0.339 e. The smallest absolute Gasteiger partial charge is 0.243 e. The van der Waals surface area contributed by atoms with Crippen molar-refractivity contribution in [1.82, 2.24) is 14.1 Å². The summed E-state index contributed by atoms with van der Waals surface area (Å²) in [5, 5.41) is 0.462. The number of halogens is 1. The van der Waals surface area contributed by atoms with Crippen molar-refractivity contribution in [2.75, 3.05) is 39.3 Å². The Morgan fingerprint density at radius 3 is 2.17 bits per heavy atom. The molecule has 0 radical (unpaired) electrons. The lowest BCUT2D eigenvalue weighted by molar-refractivity contribution is -0.133. The second kappa shape index (κ2) is 9.92. The molecule has 0 aromatic heterocycles. The maximum Gasteiger partial charge on any atom is 0.243 e. The van der Waals surface area contributed by atoms with Crippen LogP contribution in [0.3, 0.4) is 0 Å². The number of piperazine rings is 1. The summed E-state index contributed by atoms with van der Waals surface area (Å²) in [4.78, 5) is 17.1. The minimum absolute atomic E-state index is 0.127. The van der Waals surface area contributed by atoms with E-state index in [0.717, 1.165) is 30.8 Å². The Hall–Kier alpha value is -1.93. The van der Waals surface area contributed by atoms with Crippen molar-refractivity contribution in [3.63, 3.8) is 0 Å². The van der Waals surface area contributed by atoms with Gasteiger partial charge in [0.1, 0.15) is 0 Å². The molecule has 162 valence electrons. The molecule has 0 N–H and O–H groups in total. The molecule has 1 amide bonds. The van der Waals surface area contributed by atoms with E-state index in [1.165, 1.54) is 16.4 Å². The van der Waals surface area contributed by atoms with E-state index >= 15 is 0 Å². The molecule has 0 unspecified atom stereocenters. The Morgan fingerprint density at radius 1 is 1.00 bits per heavy atom. The highest BCUT2D eigenvalue weighted by Gasteiger charge is 2.29. The topological polar surface area (TPSA) is 60.9 Å². The van der Waals surface area contributed by atoms with E-state index in [2.05, 4.69) is 11.8 Å². The van der Waals surface area contributed by atoms with Crippen LogP contribution in [-0.2, 0) is 21.4 Å². The molecular formula is C22H28ClN3O3S. The van der Waals surface area contributed by atoms with Crippen LogP contribution in [0.1, 0.15) is 18.1 Å². The van der Waals surface area contributed by atoms with Gasteiger partial charge in [0, 0.05) is 37.7 Å². The number of carbonyl (C=O) groups excluding carboxylic acids is 1. The standard InChI is InChI=1S/C22H28ClN3O3S/c1-3-24-12-14-25(15-13-24)22(27)17-26(16-19-6-4-18(2)5-7-19)30(28,29)21-10-8-20(23)9-11-21/h4-11H,3,12-17H2,1-2H3. The van der Waals surface area contributed by atoms with Gasteiger partial charge in [-0.1, -0.05) is 48.4 Å². The van der Waals surface area contributed by atoms with Gasteiger partial charge in [0.2, 0.25) is 15.9 Å². The average Bonchev–Trinajstić information content (AvgIpc) is 2.75. The fourth-order valence-electron chi connectivity index (χ4n) is 3.44. The van der Waals surface area contributed by atoms with Crippen LogP contribution < -0.4 is 0 Å². The van der Waals surface area contributed by atoms with E-state index in [1.807, 2.05) is 31.2 Å². The van der Waals surface area contributed by atoms with Crippen molar-refractivity contribution < 1.29 is 13.2 Å². The summed E-state index contributed by atoms with van der Waals surface area (Å²) in [6, 6.07) is 13.7. The largest absolute Gasteiger partial charge is 0.339 e. The van der Waals surface area contributed by atoms with Crippen molar-refractivity contribution in [3.8, 4) is 0 Å². The molecule has 2 aromatic carbocycles. The number of hydrogen-bond donors (Lipinski definition) is 0. The van der Waals surface area contributed by atoms with Gasteiger partial charge in [0.15, 0.2) is 0 Å². The third-order valence-corrected chi connectivity index (χ3v) is 7.47. The number of benzene rings is 2. The molecule has 8 heteroatoms. The van der Waals surface area contributed by atoms with E-state index in [4.69, 9.17) is 11.6 Å². The maximum atomic E-state index is 13.3. The highest BCUT2D eigenvalue weighted by atomic mass is 35.5. The van der Waals surface area contributed by atoms with Crippen molar-refractivity contribution >= 4 is 27.5 Å². The summed E-state index contributed by atoms with van der Waals surface area (Å²) in [5.41, 5.74) is 1.93. The predicted molar refractivity (Wildman–Crippen MR) is 119 cm³/mol. The summed E-state index contributed by atoms with van der Waals surface area (Å²) in [7, 11) is -3.86. The number of carbonyl (C=O) groups is 1. The van der Waals surface area contributed by atoms with Crippen LogP contribution in [0.2, 0.25) is 5.02 Å². The maximum absolute atomic E-state index is 13.3. The van der Waals surface area contributed by atoms with Crippen LogP contribution in [0.4, 0.5) is 0 Å². The molecule has 3 rings (SSSR count). The number of hydrogen-bond acceptors (Lipinski definition) is 4. The first kappa shape index (κ1) is 22.7. The van der Waals surface area contributed by atoms with Crippen LogP contribution in [0.15, 0.2) is 53.4 Å². The SMILES string of the molecule is CCN1CCN(C(=O)CN(Cc2ccc(C)cc2)S(=O)(=O)c2ccc(Cl)cc2)CC1. The van der Waals surface area contributed by atoms with Gasteiger partial charge >= 0.3 is 0 Å². The third-order valence-electron chi connectivity index (χ3n) is 5.41. The number of sulfonamides is 1. The Kier molecular flexibility index (Phi) is 7.52. The van der Waals surface area contributed by atoms with Gasteiger partial charge in [-0.2, -0.15) is 4.31 Å². The van der Waals surface area contributed by atoms with Gasteiger partial charge in [-0.15, -0.1) is 0 Å². The first-order chi connectivity index (χ1) is 14.3. The summed E-state index contributed by atoms with van der Waals surface area (Å²) in [6.07, 6.45) is 0. The lowest BCUT2D eigenvalue weighted by Crippen LogP contribution is -2.51. The quantitative estimate of drug-likeness (QED) is 0.652. The lowest BCUT2D eigenvalue weighted by atomic mass is 10.1. The number of likely N-dealkylation sites (N-methyl/N-ethyl adjacent to an activating group) is 1. The highest BCUT2D eigenvalue weighted by Crippen LogP contribution is 2.21. The average molecular weight is 450 g/mol. The van der Waals surface area contributed by atoms with Gasteiger partial charge in [0.05, 0.1) is 11.4 Å². The fraction of sp³-hybridized carbons (Fsp3) is 0.409. The lowest BCUT2D eigenvalue weighted by Gasteiger charge is -2.35. The van der Waals surface area contributed by atoms with Crippen LogP contribution >= 0.6 is 11.6 Å². The molecule has 30 heavy (non-hydrogen) atoms. The zero-order valence-corrected chi connectivity index (χ0v) is 19.0. The van der Waals surface area contributed by atoms with Crippen molar-refractivity contribution in [1.29, 1.82) is 0 Å². The normalized spacial score (nSPS) is 15.5. The monoisotopic (exact) mass is 449 g/mol. The first-order valence-electron chi connectivity index (χ1n) is 10.1. The molecule has 0 saturated carbocycles. The molecule has 2 aromatic rings. The predicted octanol–water partition coefficient (Wildman–Crippen LogP) is 3.00. The third kappa shape index (κ3) is 5.60. The second-order valence-corrected chi connectivity index (χ2v) is 9.90. The van der Waals surface area contributed by atoms with Crippen LogP contribution in [-0.4, -0.2) is 67.7 Å². The van der Waals surface area contributed by atoms with Crippen LogP contribution in [0, 0.1) is 6.92 Å². The van der Waals surface area contributed by atoms with Gasteiger partial charge in [0.25, 0.3) is 0 Å². The Balaban J connectivity index is 1.82. The highest BCUT2D eigenvalue weighted by molar-refractivity contribution is 7.89. The van der Waals surface area contributed by atoms with Gasteiger partial charge < -0.3 is 9.80 Å². The van der Waals surface area contributed by atoms with E-state index in [1.54, 1.807) is 17.0 Å². The summed E-state index contributed by atoms with van der Waals surface area (Å²) >= 11 is 5.92. The number of amides is 1. The zero-order chi connectivity index (χ0) is 21.7. The molecule has 6 nitrogen and oxygen atoms in total. The number of aryl methyl sites for hydroxylation is 1. The Labute approximate surface area is 184 Å². The molecular weight excluding hydrogens is 422 g/mol. The molecule has 1 heterocycles. The molecule has 0 atom stereocenters. The van der Waals surface area contributed by atoms with Crippen molar-refractivity contribution in [2.45, 2.75) is 25.3 Å². The van der Waals surface area contributed by atoms with E-state index < -0.39 is 10.0 Å². The molecule has 0 spiro atoms. The van der Waals surface area contributed by atoms with Crippen LogP contribution in [0.25, 0.3) is 0 Å². The van der Waals surface area contributed by atoms with Gasteiger partial charge in [-0.3, -0.25) is 4.79 Å².